The van der Waals surface area contributed by atoms with Crippen molar-refractivity contribution in [3.05, 3.63) is 55.3 Å². The summed E-state index contributed by atoms with van der Waals surface area (Å²) in [5, 5.41) is 1.05. The maximum Gasteiger partial charge on any atom is 0.218 e. The molecule has 0 unspecified atom stereocenters. The molecule has 0 aliphatic carbocycles. The minimum Gasteiger partial charge on any atom is -0.489 e. The number of hydrogen-bond donors (Lipinski definition) is 0. The zero-order chi connectivity index (χ0) is 14.4. The van der Waals surface area contributed by atoms with Crippen LogP contribution in [0, 0.1) is 5.92 Å². The van der Waals surface area contributed by atoms with E-state index in [4.69, 9.17) is 9.47 Å². The normalized spacial score (nSPS) is 11.2. The summed E-state index contributed by atoms with van der Waals surface area (Å²) in [4.78, 5) is 4.46. The average Bonchev–Trinajstić information content (AvgIpc) is 2.44. The van der Waals surface area contributed by atoms with Gasteiger partial charge in [0.15, 0.2) is 0 Å². The van der Waals surface area contributed by atoms with Gasteiger partial charge in [0.1, 0.15) is 12.4 Å². The molecule has 3 nitrogen and oxygen atoms in total. The SMILES string of the molecule is C=CCOc1ccc2ccc(OC=CC(C)C)nc2c1. The molecule has 0 radical (unpaired) electrons. The zero-order valence-electron chi connectivity index (χ0n) is 11.9. The third-order valence-electron chi connectivity index (χ3n) is 2.66. The van der Waals surface area contributed by atoms with Crippen molar-refractivity contribution in [1.29, 1.82) is 0 Å². The lowest BCUT2D eigenvalue weighted by Crippen LogP contribution is -1.93. The van der Waals surface area contributed by atoms with E-state index in [0.29, 0.717) is 18.4 Å². The molecular weight excluding hydrogens is 250 g/mol. The summed E-state index contributed by atoms with van der Waals surface area (Å²) in [5.41, 5.74) is 0.849. The first kappa shape index (κ1) is 14.1. The van der Waals surface area contributed by atoms with Crippen LogP contribution in [0.2, 0.25) is 0 Å². The van der Waals surface area contributed by atoms with Gasteiger partial charge in [-0.15, -0.1) is 0 Å². The van der Waals surface area contributed by atoms with Gasteiger partial charge in [-0.2, -0.15) is 0 Å². The average molecular weight is 269 g/mol. The standard InChI is InChI=1S/C17H19NO2/c1-4-10-19-15-7-5-14-6-8-17(18-16(14)12-15)20-11-9-13(2)3/h4-9,11-13H,1,10H2,2-3H3. The third kappa shape index (κ3) is 3.85. The molecular formula is C17H19NO2. The van der Waals surface area contributed by atoms with Crippen LogP contribution in [0.5, 0.6) is 11.6 Å². The first-order valence-corrected chi connectivity index (χ1v) is 6.67. The third-order valence-corrected chi connectivity index (χ3v) is 2.66. The van der Waals surface area contributed by atoms with Crippen LogP contribution in [0.25, 0.3) is 10.9 Å². The van der Waals surface area contributed by atoms with Crippen LogP contribution in [-0.4, -0.2) is 11.6 Å². The minimum atomic E-state index is 0.453. The smallest absolute Gasteiger partial charge is 0.218 e. The number of hydrogen-bond acceptors (Lipinski definition) is 3. The number of allylic oxidation sites excluding steroid dienone is 1. The van der Waals surface area contributed by atoms with Crippen LogP contribution in [-0.2, 0) is 0 Å². The van der Waals surface area contributed by atoms with Gasteiger partial charge in [0, 0.05) is 17.5 Å². The highest BCUT2D eigenvalue weighted by Crippen LogP contribution is 2.22. The highest BCUT2D eigenvalue weighted by molar-refractivity contribution is 5.80. The van der Waals surface area contributed by atoms with Crippen molar-refractivity contribution in [2.24, 2.45) is 5.92 Å². The number of nitrogens with zero attached hydrogens (tertiary/aromatic N) is 1. The first-order chi connectivity index (χ1) is 9.69. The molecule has 0 aliphatic heterocycles. The summed E-state index contributed by atoms with van der Waals surface area (Å²) >= 11 is 0. The van der Waals surface area contributed by atoms with Crippen LogP contribution in [0.1, 0.15) is 13.8 Å². The molecule has 0 saturated carbocycles. The van der Waals surface area contributed by atoms with E-state index in [1.807, 2.05) is 36.4 Å². The number of pyridine rings is 1. The number of benzene rings is 1. The number of aromatic nitrogens is 1. The minimum absolute atomic E-state index is 0.453. The van der Waals surface area contributed by atoms with Crippen molar-refractivity contribution < 1.29 is 9.47 Å². The molecule has 0 atom stereocenters. The maximum absolute atomic E-state index is 5.50. The molecule has 0 fully saturated rings. The Hall–Kier alpha value is -2.29. The predicted octanol–water partition coefficient (Wildman–Crippen LogP) is 4.35. The molecule has 0 amide bonds. The summed E-state index contributed by atoms with van der Waals surface area (Å²) in [5.74, 6) is 1.81. The van der Waals surface area contributed by atoms with Gasteiger partial charge in [-0.3, -0.25) is 0 Å². The molecule has 2 rings (SSSR count). The van der Waals surface area contributed by atoms with E-state index in [1.165, 1.54) is 0 Å². The van der Waals surface area contributed by atoms with Crippen molar-refractivity contribution in [3.63, 3.8) is 0 Å². The number of fused-ring (bicyclic) bond motifs is 1. The molecule has 0 saturated heterocycles. The van der Waals surface area contributed by atoms with Gasteiger partial charge < -0.3 is 9.47 Å². The predicted molar refractivity (Wildman–Crippen MR) is 82.0 cm³/mol. The lowest BCUT2D eigenvalue weighted by molar-refractivity contribution is 0.363. The van der Waals surface area contributed by atoms with Gasteiger partial charge in [0.2, 0.25) is 5.88 Å². The summed E-state index contributed by atoms with van der Waals surface area (Å²) < 4.78 is 11.0. The quantitative estimate of drug-likeness (QED) is 0.577. The van der Waals surface area contributed by atoms with Crippen LogP contribution >= 0.6 is 0 Å². The monoisotopic (exact) mass is 269 g/mol. The fourth-order valence-electron chi connectivity index (χ4n) is 1.65. The second-order valence-electron chi connectivity index (χ2n) is 4.79. The highest BCUT2D eigenvalue weighted by Gasteiger charge is 2.01. The van der Waals surface area contributed by atoms with Crippen LogP contribution in [0.15, 0.2) is 55.3 Å². The molecule has 0 aliphatic rings. The van der Waals surface area contributed by atoms with Gasteiger partial charge in [-0.25, -0.2) is 4.98 Å². The second-order valence-corrected chi connectivity index (χ2v) is 4.79. The van der Waals surface area contributed by atoms with E-state index in [-0.39, 0.29) is 0 Å². The first-order valence-electron chi connectivity index (χ1n) is 6.67. The molecule has 2 aromatic rings. The molecule has 0 spiro atoms. The zero-order valence-corrected chi connectivity index (χ0v) is 11.9. The molecule has 3 heteroatoms. The Labute approximate surface area is 119 Å². The molecule has 1 heterocycles. The van der Waals surface area contributed by atoms with Crippen molar-refractivity contribution in [3.8, 4) is 11.6 Å². The van der Waals surface area contributed by atoms with E-state index in [0.717, 1.165) is 16.7 Å². The number of ether oxygens (including phenoxy) is 2. The molecule has 20 heavy (non-hydrogen) atoms. The summed E-state index contributed by atoms with van der Waals surface area (Å²) in [6.07, 6.45) is 5.38. The molecule has 1 aromatic heterocycles. The lowest BCUT2D eigenvalue weighted by atomic mass is 10.2. The number of rotatable bonds is 6. The Balaban J connectivity index is 2.19. The van der Waals surface area contributed by atoms with Crippen LogP contribution < -0.4 is 9.47 Å². The Bertz CT molecular complexity index is 617. The van der Waals surface area contributed by atoms with E-state index in [1.54, 1.807) is 12.3 Å². The molecule has 0 N–H and O–H groups in total. The van der Waals surface area contributed by atoms with Gasteiger partial charge in [-0.1, -0.05) is 26.5 Å². The maximum atomic E-state index is 5.50. The Morgan fingerprint density at radius 2 is 2.05 bits per heavy atom. The van der Waals surface area contributed by atoms with E-state index < -0.39 is 0 Å². The Morgan fingerprint density at radius 1 is 1.25 bits per heavy atom. The lowest BCUT2D eigenvalue weighted by Gasteiger charge is -2.06. The largest absolute Gasteiger partial charge is 0.489 e. The second kappa shape index (κ2) is 6.75. The van der Waals surface area contributed by atoms with Crippen LogP contribution in [0.3, 0.4) is 0 Å². The Morgan fingerprint density at radius 3 is 2.80 bits per heavy atom. The molecule has 1 aromatic carbocycles. The summed E-state index contributed by atoms with van der Waals surface area (Å²) in [6.45, 7) is 8.31. The van der Waals surface area contributed by atoms with Crippen molar-refractivity contribution >= 4 is 10.9 Å². The van der Waals surface area contributed by atoms with Gasteiger partial charge >= 0.3 is 0 Å². The van der Waals surface area contributed by atoms with Gasteiger partial charge in [0.25, 0.3) is 0 Å². The van der Waals surface area contributed by atoms with Crippen molar-refractivity contribution in [1.82, 2.24) is 4.98 Å². The topological polar surface area (TPSA) is 31.4 Å². The van der Waals surface area contributed by atoms with E-state index >= 15 is 0 Å². The fourth-order valence-corrected chi connectivity index (χ4v) is 1.65. The molecule has 0 bridgehead atoms. The summed E-state index contributed by atoms with van der Waals surface area (Å²) in [6, 6.07) is 9.65. The molecule has 104 valence electrons. The van der Waals surface area contributed by atoms with Crippen molar-refractivity contribution in [2.75, 3.05) is 6.61 Å². The van der Waals surface area contributed by atoms with Gasteiger partial charge in [0.05, 0.1) is 11.8 Å². The van der Waals surface area contributed by atoms with Crippen LogP contribution in [0.4, 0.5) is 0 Å². The van der Waals surface area contributed by atoms with E-state index in [2.05, 4.69) is 25.4 Å². The fraction of sp³-hybridized carbons (Fsp3) is 0.235. The Kier molecular flexibility index (Phi) is 4.77. The van der Waals surface area contributed by atoms with E-state index in [9.17, 15) is 0 Å². The summed E-state index contributed by atoms with van der Waals surface area (Å²) in [7, 11) is 0. The van der Waals surface area contributed by atoms with Gasteiger partial charge in [-0.05, 0) is 30.2 Å². The highest BCUT2D eigenvalue weighted by atomic mass is 16.5. The van der Waals surface area contributed by atoms with Crippen molar-refractivity contribution in [2.45, 2.75) is 13.8 Å².